The minimum atomic E-state index is -0.151. The molecular formula is C23H21NO3. The van der Waals surface area contributed by atoms with E-state index in [0.717, 1.165) is 16.3 Å². The molecule has 0 aliphatic heterocycles. The highest BCUT2D eigenvalue weighted by Crippen LogP contribution is 2.17. The standard InChI is InChI=1S/C23H21NO3/c1-2-24-23(26)16-27-21-12-7-17(8-13-21)9-14-22(25)20-11-10-18-5-3-4-6-19(18)15-20/h3-15H,2,16H2,1H3,(H,24,26)/b14-9+. The van der Waals surface area contributed by atoms with Gasteiger partial charge in [0.1, 0.15) is 5.75 Å². The Balaban J connectivity index is 1.62. The van der Waals surface area contributed by atoms with Crippen molar-refractivity contribution >= 4 is 28.5 Å². The van der Waals surface area contributed by atoms with Gasteiger partial charge in [0, 0.05) is 12.1 Å². The lowest BCUT2D eigenvalue weighted by Crippen LogP contribution is -2.28. The van der Waals surface area contributed by atoms with Crippen LogP contribution in [0.3, 0.4) is 0 Å². The number of fused-ring (bicyclic) bond motifs is 1. The highest BCUT2D eigenvalue weighted by molar-refractivity contribution is 6.08. The summed E-state index contributed by atoms with van der Waals surface area (Å²) in [5.74, 6) is 0.416. The third kappa shape index (κ3) is 5.05. The summed E-state index contributed by atoms with van der Waals surface area (Å²) in [6, 6.07) is 20.9. The van der Waals surface area contributed by atoms with Crippen molar-refractivity contribution in [3.8, 4) is 5.75 Å². The molecule has 0 saturated carbocycles. The average molecular weight is 359 g/mol. The van der Waals surface area contributed by atoms with Crippen LogP contribution in [-0.2, 0) is 4.79 Å². The quantitative estimate of drug-likeness (QED) is 0.507. The molecule has 3 aromatic rings. The van der Waals surface area contributed by atoms with Crippen LogP contribution >= 0.6 is 0 Å². The zero-order chi connectivity index (χ0) is 19.1. The average Bonchev–Trinajstić information content (AvgIpc) is 2.71. The molecule has 0 radical (unpaired) electrons. The predicted octanol–water partition coefficient (Wildman–Crippen LogP) is 4.25. The van der Waals surface area contributed by atoms with Gasteiger partial charge in [-0.1, -0.05) is 54.6 Å². The molecule has 0 fully saturated rings. The Bertz CT molecular complexity index is 974. The molecule has 0 heterocycles. The van der Waals surface area contributed by atoms with Crippen LogP contribution in [0.15, 0.2) is 72.8 Å². The lowest BCUT2D eigenvalue weighted by atomic mass is 10.0. The summed E-state index contributed by atoms with van der Waals surface area (Å²) >= 11 is 0. The Hall–Kier alpha value is -3.40. The lowest BCUT2D eigenvalue weighted by molar-refractivity contribution is -0.122. The van der Waals surface area contributed by atoms with Crippen molar-refractivity contribution < 1.29 is 14.3 Å². The number of hydrogen-bond donors (Lipinski definition) is 1. The monoisotopic (exact) mass is 359 g/mol. The highest BCUT2D eigenvalue weighted by Gasteiger charge is 2.04. The van der Waals surface area contributed by atoms with E-state index in [2.05, 4.69) is 5.32 Å². The first-order valence-corrected chi connectivity index (χ1v) is 8.86. The third-order valence-electron chi connectivity index (χ3n) is 4.09. The summed E-state index contributed by atoms with van der Waals surface area (Å²) in [6.07, 6.45) is 3.33. The first-order valence-electron chi connectivity index (χ1n) is 8.86. The van der Waals surface area contributed by atoms with Crippen LogP contribution < -0.4 is 10.1 Å². The Morgan fingerprint density at radius 1 is 0.963 bits per heavy atom. The maximum Gasteiger partial charge on any atom is 0.257 e. The zero-order valence-corrected chi connectivity index (χ0v) is 15.1. The number of carbonyl (C=O) groups is 2. The molecule has 3 aromatic carbocycles. The fourth-order valence-corrected chi connectivity index (χ4v) is 2.68. The molecule has 0 aliphatic carbocycles. The van der Waals surface area contributed by atoms with Gasteiger partial charge in [-0.2, -0.15) is 0 Å². The molecule has 0 aliphatic rings. The van der Waals surface area contributed by atoms with E-state index in [-0.39, 0.29) is 18.3 Å². The summed E-state index contributed by atoms with van der Waals surface area (Å²) in [4.78, 5) is 23.8. The molecule has 1 amide bonds. The van der Waals surface area contributed by atoms with E-state index in [1.807, 2.05) is 61.5 Å². The van der Waals surface area contributed by atoms with Gasteiger partial charge < -0.3 is 10.1 Å². The van der Waals surface area contributed by atoms with Crippen molar-refractivity contribution in [3.05, 3.63) is 83.9 Å². The molecular weight excluding hydrogens is 338 g/mol. The summed E-state index contributed by atoms with van der Waals surface area (Å²) < 4.78 is 5.41. The fraction of sp³-hybridized carbons (Fsp3) is 0.130. The number of amides is 1. The maximum absolute atomic E-state index is 12.4. The Morgan fingerprint density at radius 3 is 2.44 bits per heavy atom. The number of carbonyl (C=O) groups excluding carboxylic acids is 2. The molecule has 4 heteroatoms. The molecule has 27 heavy (non-hydrogen) atoms. The van der Waals surface area contributed by atoms with Crippen molar-refractivity contribution in [1.82, 2.24) is 5.32 Å². The molecule has 0 spiro atoms. The van der Waals surface area contributed by atoms with E-state index in [4.69, 9.17) is 4.74 Å². The number of ether oxygens (including phenoxy) is 1. The van der Waals surface area contributed by atoms with Crippen molar-refractivity contribution in [2.75, 3.05) is 13.2 Å². The van der Waals surface area contributed by atoms with Crippen LogP contribution in [0.25, 0.3) is 16.8 Å². The SMILES string of the molecule is CCNC(=O)COc1ccc(/C=C/C(=O)c2ccc3ccccc3c2)cc1. The fourth-order valence-electron chi connectivity index (χ4n) is 2.68. The van der Waals surface area contributed by atoms with Crippen molar-refractivity contribution in [2.45, 2.75) is 6.92 Å². The topological polar surface area (TPSA) is 55.4 Å². The second kappa shape index (κ2) is 8.81. The molecule has 0 unspecified atom stereocenters. The molecule has 1 N–H and O–H groups in total. The van der Waals surface area contributed by atoms with Crippen LogP contribution in [0.2, 0.25) is 0 Å². The summed E-state index contributed by atoms with van der Waals surface area (Å²) in [5, 5.41) is 4.83. The summed E-state index contributed by atoms with van der Waals surface area (Å²) in [7, 11) is 0. The molecule has 0 saturated heterocycles. The van der Waals surface area contributed by atoms with Gasteiger partial charge in [0.2, 0.25) is 0 Å². The summed E-state index contributed by atoms with van der Waals surface area (Å²) in [5.41, 5.74) is 1.54. The van der Waals surface area contributed by atoms with Gasteiger partial charge in [-0.25, -0.2) is 0 Å². The number of allylic oxidation sites excluding steroid dienone is 1. The minimum absolute atomic E-state index is 0.0104. The molecule has 0 bridgehead atoms. The lowest BCUT2D eigenvalue weighted by Gasteiger charge is -2.06. The maximum atomic E-state index is 12.4. The second-order valence-electron chi connectivity index (χ2n) is 6.07. The van der Waals surface area contributed by atoms with Crippen LogP contribution in [0.5, 0.6) is 5.75 Å². The van der Waals surface area contributed by atoms with E-state index in [0.29, 0.717) is 17.9 Å². The second-order valence-corrected chi connectivity index (χ2v) is 6.07. The van der Waals surface area contributed by atoms with E-state index in [1.54, 1.807) is 24.3 Å². The van der Waals surface area contributed by atoms with Gasteiger partial charge in [-0.15, -0.1) is 0 Å². The minimum Gasteiger partial charge on any atom is -0.484 e. The van der Waals surface area contributed by atoms with Crippen molar-refractivity contribution in [2.24, 2.45) is 0 Å². The van der Waals surface area contributed by atoms with Gasteiger partial charge in [0.15, 0.2) is 12.4 Å². The van der Waals surface area contributed by atoms with Gasteiger partial charge in [0.05, 0.1) is 0 Å². The number of ketones is 1. The van der Waals surface area contributed by atoms with E-state index >= 15 is 0 Å². The van der Waals surface area contributed by atoms with Crippen LogP contribution in [0.4, 0.5) is 0 Å². The number of likely N-dealkylation sites (N-methyl/N-ethyl adjacent to an activating group) is 1. The van der Waals surface area contributed by atoms with E-state index < -0.39 is 0 Å². The first-order chi connectivity index (χ1) is 13.2. The van der Waals surface area contributed by atoms with E-state index in [1.165, 1.54) is 0 Å². The van der Waals surface area contributed by atoms with Crippen LogP contribution in [0.1, 0.15) is 22.8 Å². The number of hydrogen-bond acceptors (Lipinski definition) is 3. The zero-order valence-electron chi connectivity index (χ0n) is 15.1. The highest BCUT2D eigenvalue weighted by atomic mass is 16.5. The molecule has 3 rings (SSSR count). The number of nitrogens with one attached hydrogen (secondary N) is 1. The van der Waals surface area contributed by atoms with Gasteiger partial charge in [-0.05, 0) is 47.5 Å². The van der Waals surface area contributed by atoms with Gasteiger partial charge in [-0.3, -0.25) is 9.59 Å². The van der Waals surface area contributed by atoms with Crippen molar-refractivity contribution in [3.63, 3.8) is 0 Å². The number of benzene rings is 3. The van der Waals surface area contributed by atoms with Crippen LogP contribution in [0, 0.1) is 0 Å². The predicted molar refractivity (Wildman–Crippen MR) is 108 cm³/mol. The van der Waals surface area contributed by atoms with E-state index in [9.17, 15) is 9.59 Å². The summed E-state index contributed by atoms with van der Waals surface area (Å²) in [6.45, 7) is 2.43. The number of rotatable bonds is 7. The molecule has 4 nitrogen and oxygen atoms in total. The van der Waals surface area contributed by atoms with Gasteiger partial charge >= 0.3 is 0 Å². The Kier molecular flexibility index (Phi) is 6.00. The van der Waals surface area contributed by atoms with Crippen molar-refractivity contribution in [1.29, 1.82) is 0 Å². The van der Waals surface area contributed by atoms with Crippen LogP contribution in [-0.4, -0.2) is 24.8 Å². The van der Waals surface area contributed by atoms with Gasteiger partial charge in [0.25, 0.3) is 5.91 Å². The normalized spacial score (nSPS) is 10.9. The largest absolute Gasteiger partial charge is 0.484 e. The Labute approximate surface area is 158 Å². The smallest absolute Gasteiger partial charge is 0.257 e. The molecule has 0 atom stereocenters. The third-order valence-corrected chi connectivity index (χ3v) is 4.09. The Morgan fingerprint density at radius 2 is 1.70 bits per heavy atom. The molecule has 136 valence electrons. The first kappa shape index (κ1) is 18.4. The molecule has 0 aromatic heterocycles.